The maximum atomic E-state index is 8.89. The van der Waals surface area contributed by atoms with Gasteiger partial charge in [0, 0.05) is 5.69 Å². The summed E-state index contributed by atoms with van der Waals surface area (Å²) in [6.07, 6.45) is 0. The van der Waals surface area contributed by atoms with Crippen molar-refractivity contribution >= 4 is 28.3 Å². The van der Waals surface area contributed by atoms with Crippen molar-refractivity contribution in [2.24, 2.45) is 0 Å². The number of hydrogen-bond donors (Lipinski definition) is 1. The van der Waals surface area contributed by atoms with E-state index in [4.69, 9.17) is 15.7 Å². The number of nitrogens with two attached hydrogens (primary N) is 1. The molecule has 0 atom stereocenters. The van der Waals surface area contributed by atoms with E-state index < -0.39 is 0 Å². The molecule has 3 nitrogen and oxygen atoms in total. The van der Waals surface area contributed by atoms with Gasteiger partial charge in [0.1, 0.15) is 11.5 Å². The number of rotatable bonds is 2. The van der Waals surface area contributed by atoms with Crippen LogP contribution in [0.25, 0.3) is 0 Å². The van der Waals surface area contributed by atoms with Gasteiger partial charge in [-0.25, -0.2) is 0 Å². The Kier molecular flexibility index (Phi) is 3.72. The molecule has 0 heterocycles. The zero-order valence-electron chi connectivity index (χ0n) is 9.77. The normalized spacial score (nSPS) is 9.83. The third kappa shape index (κ3) is 2.74. The van der Waals surface area contributed by atoms with Crippen LogP contribution < -0.4 is 10.5 Å². The first kappa shape index (κ1) is 12.7. The van der Waals surface area contributed by atoms with Crippen LogP contribution in [0.3, 0.4) is 0 Å². The maximum absolute atomic E-state index is 8.89. The molecular weight excluding hydrogens is 339 g/mol. The van der Waals surface area contributed by atoms with Crippen molar-refractivity contribution in [2.45, 2.75) is 6.92 Å². The third-order valence-corrected chi connectivity index (χ3v) is 3.34. The molecule has 2 rings (SSSR count). The monoisotopic (exact) mass is 350 g/mol. The quantitative estimate of drug-likeness (QED) is 0.661. The largest absolute Gasteiger partial charge is 0.456 e. The van der Waals surface area contributed by atoms with E-state index >= 15 is 0 Å². The molecule has 0 saturated heterocycles. The molecule has 4 heteroatoms. The number of nitrogen functional groups attached to an aromatic ring is 1. The van der Waals surface area contributed by atoms with Crippen molar-refractivity contribution in [1.29, 1.82) is 5.26 Å². The summed E-state index contributed by atoms with van der Waals surface area (Å²) >= 11 is 2.17. The fraction of sp³-hybridized carbons (Fsp3) is 0.0714. The zero-order chi connectivity index (χ0) is 13.1. The summed E-state index contributed by atoms with van der Waals surface area (Å²) in [4.78, 5) is 0. The van der Waals surface area contributed by atoms with Gasteiger partial charge in [0.2, 0.25) is 0 Å². The summed E-state index contributed by atoms with van der Waals surface area (Å²) in [6.45, 7) is 1.95. The van der Waals surface area contributed by atoms with E-state index in [-0.39, 0.29) is 0 Å². The summed E-state index contributed by atoms with van der Waals surface area (Å²) in [5.74, 6) is 1.43. The first-order valence-electron chi connectivity index (χ1n) is 5.34. The van der Waals surface area contributed by atoms with Gasteiger partial charge in [-0.3, -0.25) is 0 Å². The number of nitriles is 1. The van der Waals surface area contributed by atoms with Crippen molar-refractivity contribution < 1.29 is 4.74 Å². The molecule has 0 aliphatic carbocycles. The number of hydrogen-bond acceptors (Lipinski definition) is 3. The van der Waals surface area contributed by atoms with Crippen LogP contribution in [0.5, 0.6) is 11.5 Å². The molecule has 2 aromatic rings. The van der Waals surface area contributed by atoms with E-state index in [0.29, 0.717) is 17.0 Å². The van der Waals surface area contributed by atoms with Crippen LogP contribution in [-0.2, 0) is 0 Å². The lowest BCUT2D eigenvalue weighted by atomic mass is 10.1. The molecule has 0 aromatic heterocycles. The number of halogens is 1. The average Bonchev–Trinajstić information content (AvgIpc) is 2.35. The van der Waals surface area contributed by atoms with E-state index in [1.165, 1.54) is 0 Å². The van der Waals surface area contributed by atoms with Crippen molar-refractivity contribution in [3.8, 4) is 17.6 Å². The first-order valence-corrected chi connectivity index (χ1v) is 6.41. The van der Waals surface area contributed by atoms with Gasteiger partial charge in [0.25, 0.3) is 0 Å². The highest BCUT2D eigenvalue weighted by Gasteiger charge is 2.06. The van der Waals surface area contributed by atoms with Crippen LogP contribution in [-0.4, -0.2) is 0 Å². The number of aryl methyl sites for hydroxylation is 1. The van der Waals surface area contributed by atoms with Gasteiger partial charge >= 0.3 is 0 Å². The van der Waals surface area contributed by atoms with Crippen LogP contribution in [0.4, 0.5) is 5.69 Å². The Bertz CT molecular complexity index is 632. The molecular formula is C14H11IN2O. The third-order valence-electron chi connectivity index (χ3n) is 2.49. The average molecular weight is 350 g/mol. The summed E-state index contributed by atoms with van der Waals surface area (Å²) in [5.41, 5.74) is 7.97. The van der Waals surface area contributed by atoms with E-state index in [1.807, 2.05) is 25.1 Å². The smallest absolute Gasteiger partial charge is 0.140 e. The lowest BCUT2D eigenvalue weighted by molar-refractivity contribution is 0.475. The van der Waals surface area contributed by atoms with Crippen LogP contribution in [0, 0.1) is 21.8 Å². The van der Waals surface area contributed by atoms with Gasteiger partial charge in [0.05, 0.1) is 15.2 Å². The van der Waals surface area contributed by atoms with E-state index in [1.54, 1.807) is 18.2 Å². The number of anilines is 1. The molecule has 0 saturated carbocycles. The second kappa shape index (κ2) is 5.27. The highest BCUT2D eigenvalue weighted by atomic mass is 127. The molecule has 90 valence electrons. The summed E-state index contributed by atoms with van der Waals surface area (Å²) in [5, 5.41) is 8.89. The fourth-order valence-electron chi connectivity index (χ4n) is 1.50. The Labute approximate surface area is 119 Å². The molecule has 2 N–H and O–H groups in total. The Morgan fingerprint density at radius 2 is 1.94 bits per heavy atom. The van der Waals surface area contributed by atoms with E-state index in [0.717, 1.165) is 14.9 Å². The van der Waals surface area contributed by atoms with Crippen molar-refractivity contribution in [3.63, 3.8) is 0 Å². The van der Waals surface area contributed by atoms with Gasteiger partial charge in [-0.2, -0.15) is 5.26 Å². The molecule has 0 spiro atoms. The van der Waals surface area contributed by atoms with Crippen LogP contribution in [0.2, 0.25) is 0 Å². The van der Waals surface area contributed by atoms with E-state index in [2.05, 4.69) is 28.7 Å². The second-order valence-electron chi connectivity index (χ2n) is 3.88. The number of ether oxygens (including phenoxy) is 1. The highest BCUT2D eigenvalue weighted by Crippen LogP contribution is 2.30. The Morgan fingerprint density at radius 3 is 2.61 bits per heavy atom. The topological polar surface area (TPSA) is 59.0 Å². The standard InChI is InChI=1S/C14H11IN2O/c1-9-2-3-10(8-16)6-14(9)18-13-5-4-11(17)7-12(13)15/h2-7H,17H2,1H3. The van der Waals surface area contributed by atoms with Gasteiger partial charge in [-0.15, -0.1) is 0 Å². The zero-order valence-corrected chi connectivity index (χ0v) is 11.9. The molecule has 0 amide bonds. The first-order chi connectivity index (χ1) is 8.60. The Balaban J connectivity index is 2.37. The van der Waals surface area contributed by atoms with Crippen molar-refractivity contribution in [3.05, 3.63) is 51.1 Å². The van der Waals surface area contributed by atoms with Crippen LogP contribution in [0.15, 0.2) is 36.4 Å². The van der Waals surface area contributed by atoms with Gasteiger partial charge < -0.3 is 10.5 Å². The van der Waals surface area contributed by atoms with Crippen molar-refractivity contribution in [2.75, 3.05) is 5.73 Å². The molecule has 0 bridgehead atoms. The highest BCUT2D eigenvalue weighted by molar-refractivity contribution is 14.1. The number of nitrogens with zero attached hydrogens (tertiary/aromatic N) is 1. The SMILES string of the molecule is Cc1ccc(C#N)cc1Oc1ccc(N)cc1I. The molecule has 18 heavy (non-hydrogen) atoms. The summed E-state index contributed by atoms with van der Waals surface area (Å²) in [7, 11) is 0. The molecule has 0 fully saturated rings. The lowest BCUT2D eigenvalue weighted by Crippen LogP contribution is -1.92. The predicted octanol–water partition coefficient (Wildman–Crippen LogP) is 3.85. The molecule has 0 aliphatic heterocycles. The van der Waals surface area contributed by atoms with E-state index in [9.17, 15) is 0 Å². The molecule has 2 aromatic carbocycles. The molecule has 0 unspecified atom stereocenters. The van der Waals surface area contributed by atoms with Crippen LogP contribution >= 0.6 is 22.6 Å². The molecule has 0 radical (unpaired) electrons. The minimum Gasteiger partial charge on any atom is -0.456 e. The Morgan fingerprint density at radius 1 is 1.17 bits per heavy atom. The predicted molar refractivity (Wildman–Crippen MR) is 79.5 cm³/mol. The number of benzene rings is 2. The summed E-state index contributed by atoms with van der Waals surface area (Å²) < 4.78 is 6.76. The lowest BCUT2D eigenvalue weighted by Gasteiger charge is -2.10. The van der Waals surface area contributed by atoms with Crippen LogP contribution in [0.1, 0.15) is 11.1 Å². The van der Waals surface area contributed by atoms with Gasteiger partial charge in [0.15, 0.2) is 0 Å². The van der Waals surface area contributed by atoms with Crippen molar-refractivity contribution in [1.82, 2.24) is 0 Å². The second-order valence-corrected chi connectivity index (χ2v) is 5.05. The van der Waals surface area contributed by atoms with Gasteiger partial charge in [-0.05, 0) is 65.4 Å². The Hall–Kier alpha value is -1.74. The molecule has 0 aliphatic rings. The maximum Gasteiger partial charge on any atom is 0.140 e. The summed E-state index contributed by atoms with van der Waals surface area (Å²) in [6, 6.07) is 13.0. The minimum absolute atomic E-state index is 0.584. The minimum atomic E-state index is 0.584. The van der Waals surface area contributed by atoms with Gasteiger partial charge in [-0.1, -0.05) is 6.07 Å². The fourth-order valence-corrected chi connectivity index (χ4v) is 2.15.